The summed E-state index contributed by atoms with van der Waals surface area (Å²) < 4.78 is 18.5. The van der Waals surface area contributed by atoms with Gasteiger partial charge >= 0.3 is 0 Å². The van der Waals surface area contributed by atoms with Crippen molar-refractivity contribution in [2.24, 2.45) is 0 Å². The van der Waals surface area contributed by atoms with Crippen molar-refractivity contribution < 1.29 is 13.9 Å². The molecule has 5 heteroatoms. The van der Waals surface area contributed by atoms with Gasteiger partial charge in [0, 0.05) is 0 Å². The largest absolute Gasteiger partial charge is 0.481 e. The molecule has 0 radical (unpaired) electrons. The van der Waals surface area contributed by atoms with Gasteiger partial charge in [-0.25, -0.2) is 4.39 Å². The number of hydrogen-bond donors (Lipinski definition) is 1. The molecule has 2 unspecified atom stereocenters. The average molecular weight is 312 g/mol. The molecule has 0 bridgehead atoms. The molecule has 0 spiro atoms. The first-order valence-electron chi connectivity index (χ1n) is 7.22. The summed E-state index contributed by atoms with van der Waals surface area (Å²) in [7, 11) is 0. The highest BCUT2D eigenvalue weighted by molar-refractivity contribution is 5.81. The summed E-state index contributed by atoms with van der Waals surface area (Å²) in [5.74, 6) is -0.147. The number of benzene rings is 2. The minimum Gasteiger partial charge on any atom is -0.481 e. The first kappa shape index (κ1) is 16.5. The molecule has 1 N–H and O–H groups in total. The van der Waals surface area contributed by atoms with Crippen molar-refractivity contribution in [3.8, 4) is 11.8 Å². The highest BCUT2D eigenvalue weighted by atomic mass is 19.1. The van der Waals surface area contributed by atoms with Crippen molar-refractivity contribution in [2.45, 2.75) is 26.0 Å². The van der Waals surface area contributed by atoms with Crippen LogP contribution < -0.4 is 10.1 Å². The van der Waals surface area contributed by atoms with Gasteiger partial charge in [-0.05, 0) is 49.7 Å². The van der Waals surface area contributed by atoms with Crippen molar-refractivity contribution in [3.05, 3.63) is 65.5 Å². The zero-order valence-electron chi connectivity index (χ0n) is 12.9. The molecule has 118 valence electrons. The number of nitriles is 1. The molecule has 0 aliphatic carbocycles. The molecule has 2 aromatic carbocycles. The second-order valence-electron chi connectivity index (χ2n) is 5.18. The van der Waals surface area contributed by atoms with E-state index in [-0.39, 0.29) is 17.8 Å². The third-order valence-corrected chi connectivity index (χ3v) is 3.37. The molecule has 0 saturated carbocycles. The van der Waals surface area contributed by atoms with Crippen LogP contribution in [0.2, 0.25) is 0 Å². The van der Waals surface area contributed by atoms with Crippen molar-refractivity contribution >= 4 is 5.91 Å². The van der Waals surface area contributed by atoms with E-state index in [0.29, 0.717) is 11.3 Å². The standard InChI is InChI=1S/C18H17FN2O2/c1-12(15-6-8-16(19)9-7-15)21-18(22)13(2)23-17-5-3-4-14(10-17)11-20/h3-10,12-13H,1-2H3,(H,21,22). The third-order valence-electron chi connectivity index (χ3n) is 3.37. The van der Waals surface area contributed by atoms with Crippen molar-refractivity contribution in [2.75, 3.05) is 0 Å². The number of halogens is 1. The van der Waals surface area contributed by atoms with Gasteiger partial charge in [0.25, 0.3) is 5.91 Å². The van der Waals surface area contributed by atoms with Crippen LogP contribution in [-0.2, 0) is 4.79 Å². The van der Waals surface area contributed by atoms with Gasteiger partial charge in [0.15, 0.2) is 6.10 Å². The summed E-state index contributed by atoms with van der Waals surface area (Å²) in [6, 6.07) is 14.3. The molecule has 2 rings (SSSR count). The van der Waals surface area contributed by atoms with Gasteiger partial charge in [0.05, 0.1) is 17.7 Å². The minimum absolute atomic E-state index is 0.264. The van der Waals surface area contributed by atoms with Gasteiger partial charge in [-0.2, -0.15) is 5.26 Å². The topological polar surface area (TPSA) is 62.1 Å². The lowest BCUT2D eigenvalue weighted by Crippen LogP contribution is -2.37. The molecule has 0 aliphatic rings. The molecule has 4 nitrogen and oxygen atoms in total. The maximum atomic E-state index is 12.9. The summed E-state index contributed by atoms with van der Waals surface area (Å²) in [6.45, 7) is 3.44. The number of amides is 1. The minimum atomic E-state index is -0.716. The predicted molar refractivity (Wildman–Crippen MR) is 84.2 cm³/mol. The Labute approximate surface area is 134 Å². The van der Waals surface area contributed by atoms with E-state index in [1.165, 1.54) is 12.1 Å². The second kappa shape index (κ2) is 7.41. The molecule has 2 aromatic rings. The van der Waals surface area contributed by atoms with Gasteiger partial charge in [-0.15, -0.1) is 0 Å². The summed E-state index contributed by atoms with van der Waals surface area (Å²) in [5, 5.41) is 11.7. The first-order valence-corrected chi connectivity index (χ1v) is 7.22. The van der Waals surface area contributed by atoms with Crippen LogP contribution in [0.1, 0.15) is 31.0 Å². The van der Waals surface area contributed by atoms with Crippen LogP contribution in [0.25, 0.3) is 0 Å². The van der Waals surface area contributed by atoms with Crippen molar-refractivity contribution in [1.29, 1.82) is 5.26 Å². The van der Waals surface area contributed by atoms with E-state index in [0.717, 1.165) is 5.56 Å². The summed E-state index contributed by atoms with van der Waals surface area (Å²) in [5.41, 5.74) is 1.27. The Balaban J connectivity index is 1.96. The van der Waals surface area contributed by atoms with Crippen LogP contribution >= 0.6 is 0 Å². The monoisotopic (exact) mass is 312 g/mol. The molecule has 0 aliphatic heterocycles. The van der Waals surface area contributed by atoms with Crippen molar-refractivity contribution in [3.63, 3.8) is 0 Å². The summed E-state index contributed by atoms with van der Waals surface area (Å²) in [4.78, 5) is 12.2. The number of hydrogen-bond acceptors (Lipinski definition) is 3. The summed E-state index contributed by atoms with van der Waals surface area (Å²) in [6.07, 6.45) is -0.716. The van der Waals surface area contributed by atoms with E-state index in [1.54, 1.807) is 43.3 Å². The van der Waals surface area contributed by atoms with E-state index in [1.807, 2.05) is 13.0 Å². The van der Waals surface area contributed by atoms with Gasteiger partial charge in [0.1, 0.15) is 11.6 Å². The molecular weight excluding hydrogens is 295 g/mol. The van der Waals surface area contributed by atoms with Crippen molar-refractivity contribution in [1.82, 2.24) is 5.32 Å². The number of ether oxygens (including phenoxy) is 1. The number of nitrogens with one attached hydrogen (secondary N) is 1. The normalized spacial score (nSPS) is 12.8. The maximum absolute atomic E-state index is 12.9. The SMILES string of the molecule is CC(Oc1cccc(C#N)c1)C(=O)NC(C)c1ccc(F)cc1. The quantitative estimate of drug-likeness (QED) is 0.921. The molecule has 0 fully saturated rings. The zero-order valence-corrected chi connectivity index (χ0v) is 12.9. The highest BCUT2D eigenvalue weighted by Gasteiger charge is 2.18. The van der Waals surface area contributed by atoms with Crippen LogP contribution in [0.3, 0.4) is 0 Å². The lowest BCUT2D eigenvalue weighted by Gasteiger charge is -2.19. The number of nitrogens with zero attached hydrogens (tertiary/aromatic N) is 1. The zero-order chi connectivity index (χ0) is 16.8. The lowest BCUT2D eigenvalue weighted by molar-refractivity contribution is -0.127. The van der Waals surface area contributed by atoms with E-state index in [2.05, 4.69) is 5.32 Å². The molecule has 0 aromatic heterocycles. The molecule has 0 heterocycles. The number of rotatable bonds is 5. The Morgan fingerprint density at radius 1 is 1.22 bits per heavy atom. The van der Waals surface area contributed by atoms with Crippen LogP contribution in [0.4, 0.5) is 4.39 Å². The molecular formula is C18H17FN2O2. The van der Waals surface area contributed by atoms with Crippen LogP contribution in [0.5, 0.6) is 5.75 Å². The van der Waals surface area contributed by atoms with Crippen LogP contribution in [-0.4, -0.2) is 12.0 Å². The van der Waals surface area contributed by atoms with E-state index in [4.69, 9.17) is 10.00 Å². The van der Waals surface area contributed by atoms with E-state index in [9.17, 15) is 9.18 Å². The third kappa shape index (κ3) is 4.55. The highest BCUT2D eigenvalue weighted by Crippen LogP contribution is 2.16. The fourth-order valence-corrected chi connectivity index (χ4v) is 2.06. The Hall–Kier alpha value is -2.87. The van der Waals surface area contributed by atoms with Crippen LogP contribution in [0.15, 0.2) is 48.5 Å². The average Bonchev–Trinajstić information content (AvgIpc) is 2.55. The Kier molecular flexibility index (Phi) is 5.32. The molecule has 0 saturated heterocycles. The maximum Gasteiger partial charge on any atom is 0.261 e. The first-order chi connectivity index (χ1) is 11.0. The molecule has 23 heavy (non-hydrogen) atoms. The van der Waals surface area contributed by atoms with Crippen LogP contribution in [0, 0.1) is 17.1 Å². The van der Waals surface area contributed by atoms with E-state index < -0.39 is 6.10 Å². The summed E-state index contributed by atoms with van der Waals surface area (Å²) >= 11 is 0. The number of carbonyl (C=O) groups excluding carboxylic acids is 1. The van der Waals surface area contributed by atoms with Gasteiger partial charge in [-0.1, -0.05) is 18.2 Å². The van der Waals surface area contributed by atoms with Gasteiger partial charge < -0.3 is 10.1 Å². The van der Waals surface area contributed by atoms with Gasteiger partial charge in [0.2, 0.25) is 0 Å². The Bertz CT molecular complexity index is 723. The van der Waals surface area contributed by atoms with E-state index >= 15 is 0 Å². The predicted octanol–water partition coefficient (Wildman–Crippen LogP) is 3.34. The lowest BCUT2D eigenvalue weighted by atomic mass is 10.1. The second-order valence-corrected chi connectivity index (χ2v) is 5.18. The van der Waals surface area contributed by atoms with Gasteiger partial charge in [-0.3, -0.25) is 4.79 Å². The molecule has 2 atom stereocenters. The fourth-order valence-electron chi connectivity index (χ4n) is 2.06. The Morgan fingerprint density at radius 3 is 2.57 bits per heavy atom. The fraction of sp³-hybridized carbons (Fsp3) is 0.222. The smallest absolute Gasteiger partial charge is 0.261 e. The Morgan fingerprint density at radius 2 is 1.91 bits per heavy atom. The molecule has 1 amide bonds. The number of carbonyl (C=O) groups is 1.